The Morgan fingerprint density at radius 1 is 1.11 bits per heavy atom. The van der Waals surface area contributed by atoms with Crippen molar-refractivity contribution in [2.45, 2.75) is 89.4 Å². The summed E-state index contributed by atoms with van der Waals surface area (Å²) in [6.07, 6.45) is 2.52. The van der Waals surface area contributed by atoms with Crippen LogP contribution in [0.15, 0.2) is 18.5 Å². The predicted molar refractivity (Wildman–Crippen MR) is 168 cm³/mol. The van der Waals surface area contributed by atoms with E-state index in [2.05, 4.69) is 20.3 Å². The van der Waals surface area contributed by atoms with Crippen molar-refractivity contribution in [1.82, 2.24) is 30.0 Å². The first kappa shape index (κ1) is 33.1. The fourth-order valence-electron chi connectivity index (χ4n) is 7.77. The molecule has 248 valence electrons. The molecule has 1 aromatic carbocycles. The van der Waals surface area contributed by atoms with E-state index in [1.165, 1.54) is 12.4 Å². The lowest BCUT2D eigenvalue weighted by molar-refractivity contribution is -0.120. The maximum Gasteiger partial charge on any atom is 0.194 e. The Hall–Kier alpha value is -2.86. The number of Topliss-reactive ketones (excluding diaryl/α,β-unsaturated/α-hetero) is 1. The van der Waals surface area contributed by atoms with Crippen LogP contribution in [0.5, 0.6) is 0 Å². The summed E-state index contributed by atoms with van der Waals surface area (Å²) in [5, 5.41) is 7.93. The Morgan fingerprint density at radius 3 is 2.43 bits per heavy atom. The molecule has 6 rings (SSSR count). The van der Waals surface area contributed by atoms with Crippen LogP contribution >= 0.6 is 11.6 Å². The van der Waals surface area contributed by atoms with Gasteiger partial charge in [-0.3, -0.25) is 19.4 Å². The maximum absolute atomic E-state index is 15.5. The summed E-state index contributed by atoms with van der Waals surface area (Å²) in [7, 11) is 1.82. The van der Waals surface area contributed by atoms with Crippen LogP contribution in [0.4, 0.5) is 13.2 Å². The number of carbonyl (C=O) groups excluding carboxylic acids is 1. The van der Waals surface area contributed by atoms with Crippen LogP contribution in [0.3, 0.4) is 0 Å². The van der Waals surface area contributed by atoms with Crippen molar-refractivity contribution in [2.24, 2.45) is 13.0 Å². The largest absolute Gasteiger partial charge is 0.360 e. The molecule has 1 N–H and O–H groups in total. The monoisotopic (exact) mass is 658 g/mol. The molecule has 12 heteroatoms. The van der Waals surface area contributed by atoms with Crippen LogP contribution in [0.25, 0.3) is 0 Å². The highest BCUT2D eigenvalue weighted by Gasteiger charge is 2.55. The minimum atomic E-state index is -1.54. The Morgan fingerprint density at radius 2 is 1.80 bits per heavy atom. The normalized spacial score (nSPS) is 23.6. The van der Waals surface area contributed by atoms with E-state index in [9.17, 15) is 8.78 Å². The fraction of sp³-hybridized carbons (Fsp3) is 0.588. The number of rotatable bonds is 5. The van der Waals surface area contributed by atoms with Crippen LogP contribution in [-0.4, -0.2) is 62.1 Å². The molecule has 0 saturated carbocycles. The number of carbonyl (C=O) groups is 1. The number of piperidine rings is 2. The number of aromatic nitrogens is 4. The number of halogens is 4. The molecule has 0 aliphatic carbocycles. The first-order chi connectivity index (χ1) is 21.6. The van der Waals surface area contributed by atoms with E-state index in [0.717, 1.165) is 6.07 Å². The number of hydrogen-bond acceptors (Lipinski definition) is 7. The smallest absolute Gasteiger partial charge is 0.194 e. The number of likely N-dealkylation sites (tertiary alicyclic amines) is 1. The standard InChI is InChI=1S/C34H42ClF3N6O2/c1-18-25(35)23(28(45)20-10-15-44(32(2,3)4)16-21(20)19-8-9-22(36)27(38)26(19)37)24-29(42-18)34(11-13-39-14-12-34)46-30(24)33(5,6)31-40-17-41-43(31)7/h8-9,17,20-21,30,39H,10-16H2,1-7H3/t20-,21+,30+/m1/s1. The summed E-state index contributed by atoms with van der Waals surface area (Å²) in [5.74, 6) is -5.19. The van der Waals surface area contributed by atoms with Crippen LogP contribution in [-0.2, 0) is 22.8 Å². The average Bonchev–Trinajstić information content (AvgIpc) is 3.58. The van der Waals surface area contributed by atoms with Gasteiger partial charge in [0.25, 0.3) is 0 Å². The number of nitrogens with zero attached hydrogens (tertiary/aromatic N) is 5. The van der Waals surface area contributed by atoms with Crippen LogP contribution < -0.4 is 5.32 Å². The van der Waals surface area contributed by atoms with Crippen LogP contribution in [0.2, 0.25) is 5.02 Å². The Labute approximate surface area is 273 Å². The van der Waals surface area contributed by atoms with Gasteiger partial charge in [0.1, 0.15) is 17.8 Å². The SMILES string of the molecule is Cc1nc2c(c(C(=O)[C@@H]3CCN(C(C)(C)C)C[C@H]3c3ccc(F)c(F)c3F)c1Cl)[C@@H](C(C)(C)c1ncnn1C)OC21CCNCC1. The number of fused-ring (bicyclic) bond motifs is 2. The molecule has 2 saturated heterocycles. The molecule has 3 aliphatic heterocycles. The molecular weight excluding hydrogens is 617 g/mol. The topological polar surface area (TPSA) is 85.2 Å². The van der Waals surface area contributed by atoms with Gasteiger partial charge in [0.2, 0.25) is 0 Å². The second-order valence-electron chi connectivity index (χ2n) is 14.6. The molecular formula is C34H42ClF3N6O2. The van der Waals surface area contributed by atoms with Crippen molar-refractivity contribution >= 4 is 17.4 Å². The quantitative estimate of drug-likeness (QED) is 0.254. The highest BCUT2D eigenvalue weighted by atomic mass is 35.5. The lowest BCUT2D eigenvalue weighted by Gasteiger charge is -2.45. The first-order valence-corrected chi connectivity index (χ1v) is 16.3. The third-order valence-corrected chi connectivity index (χ3v) is 10.8. The summed E-state index contributed by atoms with van der Waals surface area (Å²) < 4.78 is 53.0. The summed E-state index contributed by atoms with van der Waals surface area (Å²) in [5.41, 5.74) is 0.310. The van der Waals surface area contributed by atoms with Gasteiger partial charge in [-0.2, -0.15) is 5.10 Å². The number of aryl methyl sites for hydroxylation is 2. The van der Waals surface area contributed by atoms with Gasteiger partial charge in [0.05, 0.1) is 27.9 Å². The molecule has 8 nitrogen and oxygen atoms in total. The van der Waals surface area contributed by atoms with E-state index in [4.69, 9.17) is 21.3 Å². The minimum Gasteiger partial charge on any atom is -0.360 e. The summed E-state index contributed by atoms with van der Waals surface area (Å²) >= 11 is 7.08. The third kappa shape index (κ3) is 5.27. The molecule has 2 fully saturated rings. The van der Waals surface area contributed by atoms with Crippen molar-refractivity contribution in [3.8, 4) is 0 Å². The summed E-state index contributed by atoms with van der Waals surface area (Å²) in [4.78, 5) is 26.8. The summed E-state index contributed by atoms with van der Waals surface area (Å²) in [6, 6.07) is 2.20. The third-order valence-electron chi connectivity index (χ3n) is 10.3. The van der Waals surface area contributed by atoms with E-state index in [1.807, 2.05) is 41.7 Å². The average molecular weight is 659 g/mol. The molecule has 46 heavy (non-hydrogen) atoms. The lowest BCUT2D eigenvalue weighted by Crippen LogP contribution is -2.50. The van der Waals surface area contributed by atoms with E-state index >= 15 is 9.18 Å². The molecule has 0 unspecified atom stereocenters. The lowest BCUT2D eigenvalue weighted by atomic mass is 9.72. The molecule has 3 aromatic rings. The molecule has 5 heterocycles. The summed E-state index contributed by atoms with van der Waals surface area (Å²) in [6.45, 7) is 14.2. The van der Waals surface area contributed by atoms with Gasteiger partial charge < -0.3 is 10.1 Å². The van der Waals surface area contributed by atoms with Crippen molar-refractivity contribution in [1.29, 1.82) is 0 Å². The van der Waals surface area contributed by atoms with Gasteiger partial charge in [-0.05, 0) is 92.1 Å². The zero-order chi connectivity index (χ0) is 33.3. The van der Waals surface area contributed by atoms with Crippen molar-refractivity contribution in [2.75, 3.05) is 26.2 Å². The van der Waals surface area contributed by atoms with E-state index in [-0.39, 0.29) is 28.5 Å². The van der Waals surface area contributed by atoms with Crippen molar-refractivity contribution < 1.29 is 22.7 Å². The molecule has 1 spiro atoms. The first-order valence-electron chi connectivity index (χ1n) is 15.9. The number of benzene rings is 1. The number of ether oxygens (including phenoxy) is 1. The second kappa shape index (κ2) is 11.7. The number of nitrogens with one attached hydrogen (secondary N) is 1. The van der Waals surface area contributed by atoms with Crippen molar-refractivity contribution in [3.05, 3.63) is 74.8 Å². The van der Waals surface area contributed by atoms with Gasteiger partial charge >= 0.3 is 0 Å². The van der Waals surface area contributed by atoms with E-state index in [1.54, 1.807) is 11.6 Å². The zero-order valence-corrected chi connectivity index (χ0v) is 28.2. The Bertz CT molecular complexity index is 1680. The van der Waals surface area contributed by atoms with Crippen LogP contribution in [0, 0.1) is 30.3 Å². The zero-order valence-electron chi connectivity index (χ0n) is 27.5. The van der Waals surface area contributed by atoms with Gasteiger partial charge in [0.15, 0.2) is 23.2 Å². The van der Waals surface area contributed by atoms with Gasteiger partial charge in [-0.1, -0.05) is 17.7 Å². The number of hydrogen-bond donors (Lipinski definition) is 1. The molecule has 3 aliphatic rings. The van der Waals surface area contributed by atoms with Gasteiger partial charge in [-0.15, -0.1) is 0 Å². The minimum absolute atomic E-state index is 0.0215. The van der Waals surface area contributed by atoms with Crippen LogP contribution in [0.1, 0.15) is 105 Å². The molecule has 3 atom stereocenters. The van der Waals surface area contributed by atoms with Gasteiger partial charge in [0, 0.05) is 42.1 Å². The highest BCUT2D eigenvalue weighted by Crippen LogP contribution is 2.56. The second-order valence-corrected chi connectivity index (χ2v) is 14.9. The van der Waals surface area contributed by atoms with E-state index < -0.39 is 46.4 Å². The number of pyridine rings is 1. The van der Waals surface area contributed by atoms with E-state index in [0.29, 0.717) is 67.2 Å². The highest BCUT2D eigenvalue weighted by molar-refractivity contribution is 6.35. The maximum atomic E-state index is 15.5. The molecule has 2 aromatic heterocycles. The predicted octanol–water partition coefficient (Wildman–Crippen LogP) is 6.30. The molecule has 0 amide bonds. The number of ketones is 1. The molecule has 0 radical (unpaired) electrons. The Kier molecular flexibility index (Phi) is 8.39. The van der Waals surface area contributed by atoms with Gasteiger partial charge in [-0.25, -0.2) is 18.2 Å². The Balaban J connectivity index is 1.54. The molecule has 0 bridgehead atoms. The van der Waals surface area contributed by atoms with Crippen molar-refractivity contribution in [3.63, 3.8) is 0 Å². The fourth-order valence-corrected chi connectivity index (χ4v) is 8.01.